The molecule has 1 aromatic carbocycles. The van der Waals surface area contributed by atoms with Crippen LogP contribution in [0.15, 0.2) is 59.5 Å². The van der Waals surface area contributed by atoms with Crippen LogP contribution in [0.4, 0.5) is 0 Å². The van der Waals surface area contributed by atoms with Crippen LogP contribution >= 0.6 is 27.5 Å². The average molecular weight is 611 g/mol. The number of aryl methyl sites for hydroxylation is 2. The number of benzene rings is 1. The van der Waals surface area contributed by atoms with Crippen molar-refractivity contribution in [3.05, 3.63) is 92.4 Å². The minimum Gasteiger partial charge on any atom is -0.350 e. The molecule has 1 aliphatic carbocycles. The van der Waals surface area contributed by atoms with Crippen molar-refractivity contribution in [3.63, 3.8) is 0 Å². The van der Waals surface area contributed by atoms with E-state index >= 15 is 0 Å². The van der Waals surface area contributed by atoms with Gasteiger partial charge in [-0.05, 0) is 81.7 Å². The van der Waals surface area contributed by atoms with Gasteiger partial charge in [0.15, 0.2) is 0 Å². The van der Waals surface area contributed by atoms with Crippen LogP contribution in [0.2, 0.25) is 5.02 Å². The minimum absolute atomic E-state index is 0.0303. The molecular formula is C30H33BrClN5O2. The van der Waals surface area contributed by atoms with E-state index in [1.54, 1.807) is 17.3 Å². The molecule has 1 saturated heterocycles. The van der Waals surface area contributed by atoms with E-state index in [0.29, 0.717) is 24.7 Å². The number of carbonyl (C=O) groups is 2. The molecule has 2 aromatic heterocycles. The Morgan fingerprint density at radius 3 is 2.79 bits per heavy atom. The maximum atomic E-state index is 13.7. The highest BCUT2D eigenvalue weighted by Crippen LogP contribution is 2.38. The second-order valence-electron chi connectivity index (χ2n) is 10.3. The number of rotatable bonds is 8. The summed E-state index contributed by atoms with van der Waals surface area (Å²) in [5, 5.41) is 3.75. The molecular weight excluding hydrogens is 578 g/mol. The van der Waals surface area contributed by atoms with Crippen LogP contribution < -0.4 is 5.32 Å². The molecule has 0 bridgehead atoms. The van der Waals surface area contributed by atoms with Gasteiger partial charge in [0, 0.05) is 47.7 Å². The standard InChI is InChI=1S/C30H33BrClN5O2/c1-2-3-4-12-37-26(30(39)35-16-20-6-5-11-33-15-20)18-36(19-27(37)38)29-25-10-9-24(32)14-21(25)7-8-22-13-23(31)17-34-28(22)29/h5-6,9-11,13-15,17,26,29H,2-4,7-8,12,16,18-19H2,1H3,(H,35,39)/t26-,29?/m1/s1. The molecule has 1 fully saturated rings. The molecule has 5 rings (SSSR count). The Labute approximate surface area is 243 Å². The van der Waals surface area contributed by atoms with E-state index in [-0.39, 0.29) is 24.4 Å². The lowest BCUT2D eigenvalue weighted by atomic mass is 9.95. The third-order valence-electron chi connectivity index (χ3n) is 7.59. The summed E-state index contributed by atoms with van der Waals surface area (Å²) < 4.78 is 0.925. The van der Waals surface area contributed by atoms with Crippen molar-refractivity contribution in [2.45, 2.75) is 57.7 Å². The number of hydrogen-bond acceptors (Lipinski definition) is 5. The summed E-state index contributed by atoms with van der Waals surface area (Å²) in [6.45, 7) is 3.72. The predicted octanol–water partition coefficient (Wildman–Crippen LogP) is 5.10. The molecule has 0 radical (unpaired) electrons. The average Bonchev–Trinajstić information content (AvgIpc) is 3.09. The number of nitrogens with one attached hydrogen (secondary N) is 1. The number of pyridine rings is 2. The molecule has 7 nitrogen and oxygen atoms in total. The number of carbonyl (C=O) groups excluding carboxylic acids is 2. The molecule has 2 amide bonds. The summed E-state index contributed by atoms with van der Waals surface area (Å²) in [6.07, 6.45) is 9.85. The van der Waals surface area contributed by atoms with Crippen LogP contribution in [0.25, 0.3) is 0 Å². The summed E-state index contributed by atoms with van der Waals surface area (Å²) in [7, 11) is 0. The summed E-state index contributed by atoms with van der Waals surface area (Å²) in [5.74, 6) is -0.181. The second kappa shape index (κ2) is 12.6. The van der Waals surface area contributed by atoms with E-state index in [2.05, 4.69) is 50.2 Å². The van der Waals surface area contributed by atoms with Crippen molar-refractivity contribution in [1.29, 1.82) is 0 Å². The van der Waals surface area contributed by atoms with Crippen LogP contribution in [0.5, 0.6) is 0 Å². The van der Waals surface area contributed by atoms with Crippen molar-refractivity contribution in [1.82, 2.24) is 25.1 Å². The Balaban J connectivity index is 1.48. The van der Waals surface area contributed by atoms with Gasteiger partial charge in [-0.15, -0.1) is 0 Å². The fourth-order valence-corrected chi connectivity index (χ4v) is 6.22. The maximum absolute atomic E-state index is 13.7. The van der Waals surface area contributed by atoms with Crippen LogP contribution in [0.3, 0.4) is 0 Å². The van der Waals surface area contributed by atoms with Crippen molar-refractivity contribution in [2.24, 2.45) is 0 Å². The van der Waals surface area contributed by atoms with Crippen molar-refractivity contribution < 1.29 is 9.59 Å². The molecule has 3 aromatic rings. The lowest BCUT2D eigenvalue weighted by molar-refractivity contribution is -0.148. The first-order valence-corrected chi connectivity index (χ1v) is 14.7. The monoisotopic (exact) mass is 609 g/mol. The number of fused-ring (bicyclic) bond motifs is 2. The molecule has 0 saturated carbocycles. The molecule has 1 aliphatic heterocycles. The van der Waals surface area contributed by atoms with Gasteiger partial charge in [0.1, 0.15) is 6.04 Å². The maximum Gasteiger partial charge on any atom is 0.244 e. The molecule has 39 heavy (non-hydrogen) atoms. The molecule has 3 heterocycles. The van der Waals surface area contributed by atoms with Crippen LogP contribution in [0, 0.1) is 0 Å². The molecule has 2 aliphatic rings. The summed E-state index contributed by atoms with van der Waals surface area (Å²) >= 11 is 9.97. The number of amides is 2. The first-order chi connectivity index (χ1) is 18.9. The fourth-order valence-electron chi connectivity index (χ4n) is 5.65. The van der Waals surface area contributed by atoms with Crippen LogP contribution in [0.1, 0.15) is 60.2 Å². The Morgan fingerprint density at radius 1 is 1.15 bits per heavy atom. The van der Waals surface area contributed by atoms with Gasteiger partial charge in [0.25, 0.3) is 0 Å². The highest BCUT2D eigenvalue weighted by Gasteiger charge is 2.41. The number of halogens is 2. The van der Waals surface area contributed by atoms with E-state index in [1.807, 2.05) is 30.5 Å². The molecule has 0 spiro atoms. The molecule has 1 N–H and O–H groups in total. The zero-order valence-corrected chi connectivity index (χ0v) is 24.4. The predicted molar refractivity (Wildman–Crippen MR) is 155 cm³/mol. The summed E-state index contributed by atoms with van der Waals surface area (Å²) in [6, 6.07) is 11.0. The van der Waals surface area contributed by atoms with E-state index in [1.165, 1.54) is 0 Å². The number of hydrogen-bond donors (Lipinski definition) is 1. The number of aromatic nitrogens is 2. The van der Waals surface area contributed by atoms with Crippen molar-refractivity contribution >= 4 is 39.3 Å². The van der Waals surface area contributed by atoms with Gasteiger partial charge in [-0.1, -0.05) is 43.5 Å². The van der Waals surface area contributed by atoms with Gasteiger partial charge in [-0.25, -0.2) is 0 Å². The lowest BCUT2D eigenvalue weighted by Crippen LogP contribution is -2.62. The van der Waals surface area contributed by atoms with Gasteiger partial charge in [0.2, 0.25) is 11.8 Å². The molecule has 2 atom stereocenters. The van der Waals surface area contributed by atoms with Gasteiger partial charge in [-0.3, -0.25) is 24.5 Å². The number of nitrogens with zero attached hydrogens (tertiary/aromatic N) is 4. The second-order valence-corrected chi connectivity index (χ2v) is 11.6. The van der Waals surface area contributed by atoms with Crippen molar-refractivity contribution in [2.75, 3.05) is 19.6 Å². The summed E-state index contributed by atoms with van der Waals surface area (Å²) in [4.78, 5) is 40.2. The van der Waals surface area contributed by atoms with E-state index in [9.17, 15) is 9.59 Å². The molecule has 1 unspecified atom stereocenters. The Hall–Kier alpha value is -2.81. The first kappa shape index (κ1) is 27.7. The zero-order chi connectivity index (χ0) is 27.4. The number of piperazine rings is 1. The van der Waals surface area contributed by atoms with Gasteiger partial charge >= 0.3 is 0 Å². The van der Waals surface area contributed by atoms with Crippen LogP contribution in [-0.4, -0.2) is 57.3 Å². The Kier molecular flexibility index (Phi) is 8.95. The van der Waals surface area contributed by atoms with E-state index in [4.69, 9.17) is 16.6 Å². The Morgan fingerprint density at radius 2 is 2.00 bits per heavy atom. The van der Waals surface area contributed by atoms with Gasteiger partial charge in [-0.2, -0.15) is 0 Å². The van der Waals surface area contributed by atoms with Gasteiger partial charge in [0.05, 0.1) is 18.3 Å². The third kappa shape index (κ3) is 6.34. The first-order valence-electron chi connectivity index (χ1n) is 13.6. The number of unbranched alkanes of at least 4 members (excludes halogenated alkanes) is 2. The van der Waals surface area contributed by atoms with E-state index in [0.717, 1.165) is 64.5 Å². The summed E-state index contributed by atoms with van der Waals surface area (Å²) in [5.41, 5.74) is 5.23. The van der Waals surface area contributed by atoms with E-state index < -0.39 is 6.04 Å². The molecule has 9 heteroatoms. The highest BCUT2D eigenvalue weighted by atomic mass is 79.9. The van der Waals surface area contributed by atoms with Crippen LogP contribution in [-0.2, 0) is 29.0 Å². The largest absolute Gasteiger partial charge is 0.350 e. The zero-order valence-electron chi connectivity index (χ0n) is 22.1. The third-order valence-corrected chi connectivity index (χ3v) is 8.26. The molecule has 204 valence electrons. The normalized spacial score (nSPS) is 19.3. The topological polar surface area (TPSA) is 78.4 Å². The quantitative estimate of drug-likeness (QED) is 0.359. The minimum atomic E-state index is -0.599. The fraction of sp³-hybridized carbons (Fsp3) is 0.400. The smallest absolute Gasteiger partial charge is 0.244 e. The SMILES string of the molecule is CCCCCN1C(=O)CN(C2c3ccc(Cl)cc3CCc3cc(Br)cnc32)C[C@@H]1C(=O)NCc1cccnc1. The lowest BCUT2D eigenvalue weighted by Gasteiger charge is -2.43. The van der Waals surface area contributed by atoms with Crippen molar-refractivity contribution in [3.8, 4) is 0 Å². The highest BCUT2D eigenvalue weighted by molar-refractivity contribution is 9.10. The Bertz CT molecular complexity index is 1280. The van der Waals surface area contributed by atoms with Gasteiger partial charge < -0.3 is 10.2 Å².